The molecule has 3 N–H and O–H groups in total. The predicted molar refractivity (Wildman–Crippen MR) is 66.9 cm³/mol. The molecule has 0 aromatic rings. The Morgan fingerprint density at radius 2 is 1.94 bits per heavy atom. The quantitative estimate of drug-likeness (QED) is 0.576. The lowest BCUT2D eigenvalue weighted by Gasteiger charge is -2.26. The van der Waals surface area contributed by atoms with Gasteiger partial charge in [0.1, 0.15) is 5.54 Å². The molecule has 0 aliphatic rings. The second kappa shape index (κ2) is 6.78. The van der Waals surface area contributed by atoms with E-state index in [0.29, 0.717) is 6.42 Å². The molecule has 0 spiro atoms. The summed E-state index contributed by atoms with van der Waals surface area (Å²) < 4.78 is 0. The van der Waals surface area contributed by atoms with Crippen LogP contribution >= 0.6 is 0 Å². The molecule has 0 saturated heterocycles. The number of aliphatic carboxylic acids is 1. The van der Waals surface area contributed by atoms with Crippen molar-refractivity contribution in [3.05, 3.63) is 12.7 Å². The van der Waals surface area contributed by atoms with Gasteiger partial charge in [0.15, 0.2) is 0 Å². The lowest BCUT2D eigenvalue weighted by atomic mass is 10.0. The van der Waals surface area contributed by atoms with Gasteiger partial charge in [-0.2, -0.15) is 0 Å². The van der Waals surface area contributed by atoms with Crippen LogP contribution in [0, 0.1) is 0 Å². The minimum absolute atomic E-state index is 0.0130. The van der Waals surface area contributed by atoms with Crippen molar-refractivity contribution < 1.29 is 19.5 Å². The average molecular weight is 256 g/mol. The van der Waals surface area contributed by atoms with Gasteiger partial charge >= 0.3 is 5.97 Å². The van der Waals surface area contributed by atoms with Crippen LogP contribution in [0.25, 0.3) is 0 Å². The Balaban J connectivity index is 4.32. The summed E-state index contributed by atoms with van der Waals surface area (Å²) in [5.74, 6) is -1.71. The smallest absolute Gasteiger partial charge is 0.303 e. The van der Waals surface area contributed by atoms with Crippen LogP contribution in [0.5, 0.6) is 0 Å². The number of hydrogen-bond acceptors (Lipinski definition) is 3. The van der Waals surface area contributed by atoms with Crippen LogP contribution in [-0.4, -0.2) is 34.5 Å². The summed E-state index contributed by atoms with van der Waals surface area (Å²) in [7, 11) is 0. The highest BCUT2D eigenvalue weighted by Crippen LogP contribution is 2.05. The van der Waals surface area contributed by atoms with Crippen molar-refractivity contribution in [1.82, 2.24) is 10.6 Å². The van der Waals surface area contributed by atoms with Crippen molar-refractivity contribution in [2.24, 2.45) is 0 Å². The number of hydrogen-bond donors (Lipinski definition) is 3. The molecule has 0 radical (unpaired) electrons. The van der Waals surface area contributed by atoms with E-state index in [2.05, 4.69) is 17.2 Å². The third-order valence-electron chi connectivity index (χ3n) is 2.36. The maximum absolute atomic E-state index is 11.9. The molecule has 0 aromatic heterocycles. The Hall–Kier alpha value is -1.85. The molecule has 0 fully saturated rings. The van der Waals surface area contributed by atoms with Crippen LogP contribution in [0.1, 0.15) is 33.6 Å². The Labute approximate surface area is 106 Å². The fraction of sp³-hybridized carbons (Fsp3) is 0.583. The number of rotatable bonds is 7. The van der Waals surface area contributed by atoms with Crippen LogP contribution in [-0.2, 0) is 14.4 Å². The maximum atomic E-state index is 11.9. The van der Waals surface area contributed by atoms with Crippen molar-refractivity contribution in [2.45, 2.75) is 45.2 Å². The Morgan fingerprint density at radius 1 is 1.39 bits per heavy atom. The molecule has 6 nitrogen and oxygen atoms in total. The molecule has 102 valence electrons. The summed E-state index contributed by atoms with van der Waals surface area (Å²) in [4.78, 5) is 33.4. The summed E-state index contributed by atoms with van der Waals surface area (Å²) in [6.07, 6.45) is 1.41. The number of amides is 2. The van der Waals surface area contributed by atoms with Crippen molar-refractivity contribution in [3.63, 3.8) is 0 Å². The molecule has 0 saturated carbocycles. The molecule has 0 aliphatic carbocycles. The third kappa shape index (κ3) is 6.03. The molecule has 18 heavy (non-hydrogen) atoms. The Kier molecular flexibility index (Phi) is 6.08. The first kappa shape index (κ1) is 16.1. The monoisotopic (exact) mass is 256 g/mol. The number of carboxylic acid groups (broad SMARTS) is 1. The van der Waals surface area contributed by atoms with Gasteiger partial charge in [0.05, 0.1) is 0 Å². The molecule has 0 aromatic carbocycles. The number of nitrogens with one attached hydrogen (secondary N) is 2. The lowest BCUT2D eigenvalue weighted by Crippen LogP contribution is -2.56. The fourth-order valence-corrected chi connectivity index (χ4v) is 1.23. The largest absolute Gasteiger partial charge is 0.481 e. The lowest BCUT2D eigenvalue weighted by molar-refractivity contribution is -0.137. The highest BCUT2D eigenvalue weighted by Gasteiger charge is 2.29. The Bertz CT molecular complexity index is 350. The van der Waals surface area contributed by atoms with E-state index in [1.54, 1.807) is 20.8 Å². The van der Waals surface area contributed by atoms with E-state index in [9.17, 15) is 14.4 Å². The molecule has 0 heterocycles. The van der Waals surface area contributed by atoms with Gasteiger partial charge in [0, 0.05) is 12.5 Å². The Morgan fingerprint density at radius 3 is 2.39 bits per heavy atom. The van der Waals surface area contributed by atoms with Crippen molar-refractivity contribution in [2.75, 3.05) is 0 Å². The van der Waals surface area contributed by atoms with E-state index >= 15 is 0 Å². The number of carbonyl (C=O) groups excluding carboxylic acids is 2. The van der Waals surface area contributed by atoms with Crippen LogP contribution in [0.4, 0.5) is 0 Å². The standard InChI is InChI=1S/C12H20N2O4/c1-5-9(15)14-12(3,4)11(18)13-8(2)6-7-10(16)17/h5,8H,1,6-7H2,2-4H3,(H,13,18)(H,14,15)(H,16,17). The second-order valence-corrected chi connectivity index (χ2v) is 4.63. The average Bonchev–Trinajstić information content (AvgIpc) is 2.25. The highest BCUT2D eigenvalue weighted by molar-refractivity contribution is 5.94. The molecule has 6 heteroatoms. The van der Waals surface area contributed by atoms with Gasteiger partial charge in [0.2, 0.25) is 11.8 Å². The molecule has 0 rings (SSSR count). The minimum atomic E-state index is -1.07. The van der Waals surface area contributed by atoms with Crippen LogP contribution in [0.15, 0.2) is 12.7 Å². The van der Waals surface area contributed by atoms with E-state index in [-0.39, 0.29) is 18.4 Å². The summed E-state index contributed by atoms with van der Waals surface area (Å²) in [5.41, 5.74) is -1.07. The fourth-order valence-electron chi connectivity index (χ4n) is 1.23. The minimum Gasteiger partial charge on any atom is -0.481 e. The van der Waals surface area contributed by atoms with E-state index in [1.165, 1.54) is 0 Å². The first-order valence-corrected chi connectivity index (χ1v) is 5.66. The zero-order valence-corrected chi connectivity index (χ0v) is 10.9. The van der Waals surface area contributed by atoms with Gasteiger partial charge in [-0.15, -0.1) is 0 Å². The molecule has 0 aliphatic heterocycles. The van der Waals surface area contributed by atoms with E-state index in [1.807, 2.05) is 0 Å². The molecule has 2 amide bonds. The zero-order valence-electron chi connectivity index (χ0n) is 10.9. The van der Waals surface area contributed by atoms with Gasteiger partial charge in [-0.25, -0.2) is 0 Å². The predicted octanol–water partition coefficient (Wildman–Crippen LogP) is 0.437. The second-order valence-electron chi connectivity index (χ2n) is 4.63. The van der Waals surface area contributed by atoms with Crippen molar-refractivity contribution in [1.29, 1.82) is 0 Å². The molecule has 0 bridgehead atoms. The highest BCUT2D eigenvalue weighted by atomic mass is 16.4. The molecular formula is C12H20N2O4. The summed E-state index contributed by atoms with van der Waals surface area (Å²) in [6.45, 7) is 8.15. The third-order valence-corrected chi connectivity index (χ3v) is 2.36. The number of carboxylic acids is 1. The van der Waals surface area contributed by atoms with Crippen molar-refractivity contribution in [3.8, 4) is 0 Å². The van der Waals surface area contributed by atoms with Crippen LogP contribution in [0.3, 0.4) is 0 Å². The first-order valence-electron chi connectivity index (χ1n) is 5.66. The number of carbonyl (C=O) groups is 3. The SMILES string of the molecule is C=CC(=O)NC(C)(C)C(=O)NC(C)CCC(=O)O. The molecular weight excluding hydrogens is 236 g/mol. The topological polar surface area (TPSA) is 95.5 Å². The van der Waals surface area contributed by atoms with Gasteiger partial charge in [-0.05, 0) is 33.3 Å². The van der Waals surface area contributed by atoms with E-state index in [0.717, 1.165) is 6.08 Å². The van der Waals surface area contributed by atoms with Gasteiger partial charge < -0.3 is 15.7 Å². The van der Waals surface area contributed by atoms with Gasteiger partial charge in [-0.1, -0.05) is 6.58 Å². The van der Waals surface area contributed by atoms with Crippen LogP contribution < -0.4 is 10.6 Å². The molecule has 1 atom stereocenters. The maximum Gasteiger partial charge on any atom is 0.303 e. The normalized spacial score (nSPS) is 12.4. The zero-order chi connectivity index (χ0) is 14.3. The summed E-state index contributed by atoms with van der Waals surface area (Å²) in [5, 5.41) is 13.7. The van der Waals surface area contributed by atoms with Gasteiger partial charge in [-0.3, -0.25) is 14.4 Å². The molecule has 1 unspecified atom stereocenters. The first-order chi connectivity index (χ1) is 8.19. The van der Waals surface area contributed by atoms with Crippen LogP contribution in [0.2, 0.25) is 0 Å². The van der Waals surface area contributed by atoms with Gasteiger partial charge in [0.25, 0.3) is 0 Å². The van der Waals surface area contributed by atoms with E-state index in [4.69, 9.17) is 5.11 Å². The van der Waals surface area contributed by atoms with E-state index < -0.39 is 17.4 Å². The summed E-state index contributed by atoms with van der Waals surface area (Å²) in [6, 6.07) is -0.270. The van der Waals surface area contributed by atoms with Crippen molar-refractivity contribution >= 4 is 17.8 Å². The summed E-state index contributed by atoms with van der Waals surface area (Å²) >= 11 is 0.